The molecule has 1 aromatic carbocycles. The van der Waals surface area contributed by atoms with Crippen molar-refractivity contribution in [1.29, 1.82) is 0 Å². The molecule has 4 rings (SSSR count). The summed E-state index contributed by atoms with van der Waals surface area (Å²) in [6.45, 7) is 3.04. The summed E-state index contributed by atoms with van der Waals surface area (Å²) in [5.74, 6) is 0.588. The molecule has 1 aliphatic heterocycles. The van der Waals surface area contributed by atoms with E-state index >= 15 is 0 Å². The third-order valence-electron chi connectivity index (χ3n) is 4.09. The van der Waals surface area contributed by atoms with Crippen LogP contribution >= 0.6 is 0 Å². The number of nitrogens with zero attached hydrogens (tertiary/aromatic N) is 4. The van der Waals surface area contributed by atoms with E-state index in [2.05, 4.69) is 20.4 Å². The van der Waals surface area contributed by atoms with Crippen LogP contribution in [0.2, 0.25) is 0 Å². The van der Waals surface area contributed by atoms with Crippen molar-refractivity contribution in [2.45, 2.75) is 13.5 Å². The van der Waals surface area contributed by atoms with Crippen molar-refractivity contribution in [2.75, 3.05) is 6.54 Å². The van der Waals surface area contributed by atoms with Crippen LogP contribution in [0.4, 0.5) is 0 Å². The van der Waals surface area contributed by atoms with E-state index in [1.165, 1.54) is 0 Å². The second-order valence-corrected chi connectivity index (χ2v) is 5.61. The number of hydrogen-bond donors (Lipinski definition) is 2. The van der Waals surface area contributed by atoms with Gasteiger partial charge in [-0.05, 0) is 25.1 Å². The van der Waals surface area contributed by atoms with Gasteiger partial charge in [0.1, 0.15) is 17.1 Å². The molecule has 3 aromatic rings. The molecule has 3 heterocycles. The maximum atomic E-state index is 11.9. The maximum absolute atomic E-state index is 11.9. The first-order valence-corrected chi connectivity index (χ1v) is 7.62. The minimum atomic E-state index is -0.127. The molecule has 0 fully saturated rings. The lowest BCUT2D eigenvalue weighted by Gasteiger charge is -2.13. The molecule has 0 atom stereocenters. The second-order valence-electron chi connectivity index (χ2n) is 5.61. The number of phenolic OH excluding ortho intramolecular Hbond substituents is 1. The summed E-state index contributed by atoms with van der Waals surface area (Å²) < 4.78 is 1.69. The van der Waals surface area contributed by atoms with Crippen molar-refractivity contribution in [1.82, 2.24) is 25.1 Å². The fourth-order valence-corrected chi connectivity index (χ4v) is 2.76. The molecular formula is C17H15N5O2. The van der Waals surface area contributed by atoms with Gasteiger partial charge in [-0.2, -0.15) is 5.10 Å². The topological polar surface area (TPSA) is 92.9 Å². The molecule has 24 heavy (non-hydrogen) atoms. The van der Waals surface area contributed by atoms with Crippen LogP contribution in [-0.2, 0) is 6.54 Å². The van der Waals surface area contributed by atoms with Crippen LogP contribution in [0.5, 0.6) is 5.75 Å². The van der Waals surface area contributed by atoms with Crippen LogP contribution < -0.4 is 5.32 Å². The Balaban J connectivity index is 1.78. The highest BCUT2D eigenvalue weighted by Gasteiger charge is 2.20. The van der Waals surface area contributed by atoms with Crippen LogP contribution in [-0.4, -0.2) is 37.3 Å². The number of nitrogens with one attached hydrogen (secondary N) is 1. The molecule has 1 aliphatic rings. The molecule has 2 N–H and O–H groups in total. The summed E-state index contributed by atoms with van der Waals surface area (Å²) in [7, 11) is 0. The number of phenols is 1. The van der Waals surface area contributed by atoms with Crippen molar-refractivity contribution in [3.63, 3.8) is 0 Å². The second kappa shape index (κ2) is 5.45. The molecule has 0 saturated carbocycles. The zero-order chi connectivity index (χ0) is 16.7. The summed E-state index contributed by atoms with van der Waals surface area (Å²) in [4.78, 5) is 20.7. The van der Waals surface area contributed by atoms with E-state index in [1.54, 1.807) is 35.1 Å². The average Bonchev–Trinajstić information content (AvgIpc) is 3.03. The van der Waals surface area contributed by atoms with Gasteiger partial charge in [-0.3, -0.25) is 9.48 Å². The van der Waals surface area contributed by atoms with Crippen LogP contribution in [0.15, 0.2) is 36.5 Å². The van der Waals surface area contributed by atoms with E-state index in [-0.39, 0.29) is 11.7 Å². The highest BCUT2D eigenvalue weighted by atomic mass is 16.3. The number of amides is 1. The minimum absolute atomic E-state index is 0.127. The molecule has 0 radical (unpaired) electrons. The number of aromatic hydroxyl groups is 1. The number of rotatable bonds is 2. The summed E-state index contributed by atoms with van der Waals surface area (Å²) in [6.07, 6.45) is 1.65. The molecule has 0 spiro atoms. The molecule has 2 aromatic heterocycles. The Labute approximate surface area is 138 Å². The van der Waals surface area contributed by atoms with E-state index in [0.717, 1.165) is 11.1 Å². The van der Waals surface area contributed by atoms with Crippen LogP contribution in [0, 0.1) is 6.92 Å². The SMILES string of the molecule is Cc1c(O)cccc1-c1nccc(-c2cc3n(n2)CCNC3=O)n1. The molecule has 0 bridgehead atoms. The van der Waals surface area contributed by atoms with Crippen molar-refractivity contribution >= 4 is 5.91 Å². The molecule has 0 saturated heterocycles. The van der Waals surface area contributed by atoms with Gasteiger partial charge >= 0.3 is 0 Å². The lowest BCUT2D eigenvalue weighted by molar-refractivity contribution is 0.0924. The predicted molar refractivity (Wildman–Crippen MR) is 87.4 cm³/mol. The summed E-state index contributed by atoms with van der Waals surface area (Å²) in [5.41, 5.74) is 3.28. The Hall–Kier alpha value is -3.22. The van der Waals surface area contributed by atoms with Gasteiger partial charge in [-0.1, -0.05) is 12.1 Å². The summed E-state index contributed by atoms with van der Waals surface area (Å²) in [5, 5.41) is 17.1. The third-order valence-corrected chi connectivity index (χ3v) is 4.09. The largest absolute Gasteiger partial charge is 0.508 e. The third kappa shape index (κ3) is 2.30. The standard InChI is InChI=1S/C17H15N5O2/c1-10-11(3-2-4-15(10)23)16-18-6-5-12(20-16)13-9-14-17(24)19-7-8-22(14)21-13/h2-6,9,23H,7-8H2,1H3,(H,19,24). The Morgan fingerprint density at radius 2 is 2.12 bits per heavy atom. The number of fused-ring (bicyclic) bond motifs is 1. The van der Waals surface area contributed by atoms with Gasteiger partial charge in [0, 0.05) is 23.9 Å². The monoisotopic (exact) mass is 321 g/mol. The van der Waals surface area contributed by atoms with Gasteiger partial charge in [0.2, 0.25) is 0 Å². The molecule has 1 amide bonds. The quantitative estimate of drug-likeness (QED) is 0.750. The Bertz CT molecular complexity index is 948. The lowest BCUT2D eigenvalue weighted by Crippen LogP contribution is -2.35. The highest BCUT2D eigenvalue weighted by molar-refractivity contribution is 5.94. The minimum Gasteiger partial charge on any atom is -0.508 e. The molecule has 7 heteroatoms. The van der Waals surface area contributed by atoms with Crippen LogP contribution in [0.1, 0.15) is 16.1 Å². The summed E-state index contributed by atoms with van der Waals surface area (Å²) in [6, 6.07) is 8.74. The first kappa shape index (κ1) is 14.4. The van der Waals surface area contributed by atoms with Crippen molar-refractivity contribution in [3.05, 3.63) is 47.8 Å². The molecule has 7 nitrogen and oxygen atoms in total. The smallest absolute Gasteiger partial charge is 0.269 e. The summed E-state index contributed by atoms with van der Waals surface area (Å²) >= 11 is 0. The van der Waals surface area contributed by atoms with E-state index in [0.29, 0.717) is 36.0 Å². The zero-order valence-corrected chi connectivity index (χ0v) is 13.0. The van der Waals surface area contributed by atoms with Gasteiger partial charge in [-0.15, -0.1) is 0 Å². The van der Waals surface area contributed by atoms with Crippen molar-refractivity contribution in [3.8, 4) is 28.5 Å². The van der Waals surface area contributed by atoms with Crippen LogP contribution in [0.25, 0.3) is 22.8 Å². The highest BCUT2D eigenvalue weighted by Crippen LogP contribution is 2.28. The van der Waals surface area contributed by atoms with Gasteiger partial charge in [0.15, 0.2) is 5.82 Å². The number of carbonyl (C=O) groups is 1. The molecule has 120 valence electrons. The Morgan fingerprint density at radius 1 is 1.25 bits per heavy atom. The predicted octanol–water partition coefficient (Wildman–Crippen LogP) is 1.76. The first-order chi connectivity index (χ1) is 11.6. The Morgan fingerprint density at radius 3 is 2.96 bits per heavy atom. The van der Waals surface area contributed by atoms with Crippen molar-refractivity contribution < 1.29 is 9.90 Å². The zero-order valence-electron chi connectivity index (χ0n) is 13.0. The van der Waals surface area contributed by atoms with Crippen LogP contribution in [0.3, 0.4) is 0 Å². The van der Waals surface area contributed by atoms with Gasteiger partial charge in [0.05, 0.1) is 12.2 Å². The van der Waals surface area contributed by atoms with E-state index in [9.17, 15) is 9.90 Å². The van der Waals surface area contributed by atoms with Gasteiger partial charge in [0.25, 0.3) is 5.91 Å². The number of benzene rings is 1. The molecule has 0 unspecified atom stereocenters. The molecular weight excluding hydrogens is 306 g/mol. The average molecular weight is 321 g/mol. The number of hydrogen-bond acceptors (Lipinski definition) is 5. The fourth-order valence-electron chi connectivity index (χ4n) is 2.76. The fraction of sp³-hybridized carbons (Fsp3) is 0.176. The first-order valence-electron chi connectivity index (χ1n) is 7.62. The maximum Gasteiger partial charge on any atom is 0.269 e. The van der Waals surface area contributed by atoms with E-state index in [1.807, 2.05) is 13.0 Å². The number of aromatic nitrogens is 4. The molecule has 0 aliphatic carbocycles. The van der Waals surface area contributed by atoms with E-state index < -0.39 is 0 Å². The Kier molecular flexibility index (Phi) is 3.26. The lowest BCUT2D eigenvalue weighted by atomic mass is 10.1. The number of carbonyl (C=O) groups excluding carboxylic acids is 1. The van der Waals surface area contributed by atoms with Crippen molar-refractivity contribution in [2.24, 2.45) is 0 Å². The van der Waals surface area contributed by atoms with Gasteiger partial charge < -0.3 is 10.4 Å². The van der Waals surface area contributed by atoms with Gasteiger partial charge in [-0.25, -0.2) is 9.97 Å². The normalized spacial score (nSPS) is 13.5. The van der Waals surface area contributed by atoms with E-state index in [4.69, 9.17) is 0 Å².